The number of carbonyl (C=O) groups excluding carboxylic acids is 1. The molecule has 5 aromatic rings. The van der Waals surface area contributed by atoms with Crippen molar-refractivity contribution in [2.45, 2.75) is 37.2 Å². The van der Waals surface area contributed by atoms with Crippen LogP contribution in [-0.4, -0.2) is 27.3 Å². The third-order valence-electron chi connectivity index (χ3n) is 6.51. The summed E-state index contributed by atoms with van der Waals surface area (Å²) >= 11 is 7.60. The van der Waals surface area contributed by atoms with Gasteiger partial charge in [0.05, 0.1) is 6.04 Å². The fourth-order valence-electron chi connectivity index (χ4n) is 4.46. The van der Waals surface area contributed by atoms with Gasteiger partial charge in [0.1, 0.15) is 5.75 Å². The maximum atomic E-state index is 13.2. The molecule has 41 heavy (non-hydrogen) atoms. The summed E-state index contributed by atoms with van der Waals surface area (Å²) in [5, 5.41) is 13.8. The van der Waals surface area contributed by atoms with Gasteiger partial charge in [-0.05, 0) is 67.8 Å². The van der Waals surface area contributed by atoms with E-state index in [4.69, 9.17) is 16.3 Å². The number of aromatic nitrogens is 3. The Bertz CT molecular complexity index is 1590. The molecule has 0 saturated heterocycles. The van der Waals surface area contributed by atoms with Crippen molar-refractivity contribution in [1.82, 2.24) is 20.1 Å². The Hall–Kier alpha value is -4.07. The Balaban J connectivity index is 1.45. The fraction of sp³-hybridized carbons (Fsp3) is 0.182. The molecule has 0 aliphatic carbocycles. The zero-order valence-electron chi connectivity index (χ0n) is 23.0. The summed E-state index contributed by atoms with van der Waals surface area (Å²) in [6.45, 7) is 4.01. The summed E-state index contributed by atoms with van der Waals surface area (Å²) in [5.74, 6) is 1.72. The van der Waals surface area contributed by atoms with E-state index in [9.17, 15) is 4.79 Å². The molecule has 1 N–H and O–H groups in total. The number of nitrogens with one attached hydrogen (secondary N) is 1. The largest absolute Gasteiger partial charge is 0.484 e. The normalized spacial score (nSPS) is 11.7. The number of hydrogen-bond donors (Lipinski definition) is 1. The predicted octanol–water partition coefficient (Wildman–Crippen LogP) is 7.31. The van der Waals surface area contributed by atoms with Gasteiger partial charge in [-0.3, -0.25) is 9.36 Å². The van der Waals surface area contributed by atoms with Crippen molar-refractivity contribution < 1.29 is 9.53 Å². The molecule has 0 spiro atoms. The molecule has 1 unspecified atom stereocenters. The van der Waals surface area contributed by atoms with Gasteiger partial charge >= 0.3 is 0 Å². The van der Waals surface area contributed by atoms with Gasteiger partial charge in [-0.15, -0.1) is 10.2 Å². The van der Waals surface area contributed by atoms with E-state index in [-0.39, 0.29) is 12.5 Å². The lowest BCUT2D eigenvalue weighted by Gasteiger charge is -2.20. The lowest BCUT2D eigenvalue weighted by molar-refractivity contribution is -0.123. The van der Waals surface area contributed by atoms with Crippen LogP contribution in [0.5, 0.6) is 5.75 Å². The molecule has 1 heterocycles. The number of hydrogen-bond acceptors (Lipinski definition) is 5. The van der Waals surface area contributed by atoms with Crippen molar-refractivity contribution in [3.63, 3.8) is 0 Å². The third kappa shape index (κ3) is 7.78. The molecule has 0 radical (unpaired) electrons. The van der Waals surface area contributed by atoms with Gasteiger partial charge in [0.25, 0.3) is 5.91 Å². The van der Waals surface area contributed by atoms with Crippen LogP contribution in [0.4, 0.5) is 0 Å². The van der Waals surface area contributed by atoms with Crippen LogP contribution in [0.1, 0.15) is 34.1 Å². The second-order valence-electron chi connectivity index (χ2n) is 9.84. The monoisotopic (exact) mass is 582 g/mol. The highest BCUT2D eigenvalue weighted by Gasteiger charge is 2.25. The van der Waals surface area contributed by atoms with E-state index >= 15 is 0 Å². The molecule has 1 atom stereocenters. The van der Waals surface area contributed by atoms with Gasteiger partial charge < -0.3 is 10.1 Å². The van der Waals surface area contributed by atoms with Crippen molar-refractivity contribution in [2.75, 3.05) is 6.61 Å². The van der Waals surface area contributed by atoms with Crippen molar-refractivity contribution in [1.29, 1.82) is 0 Å². The molecule has 208 valence electrons. The van der Waals surface area contributed by atoms with Crippen LogP contribution in [0.15, 0.2) is 108 Å². The molecule has 8 heteroatoms. The molecule has 0 fully saturated rings. The smallest absolute Gasteiger partial charge is 0.258 e. The zero-order valence-corrected chi connectivity index (χ0v) is 24.5. The highest BCUT2D eigenvalue weighted by atomic mass is 35.5. The molecule has 0 aliphatic heterocycles. The molecular formula is C33H31ClN4O2S. The predicted molar refractivity (Wildman–Crippen MR) is 165 cm³/mol. The topological polar surface area (TPSA) is 69.0 Å². The number of nitrogens with zero attached hydrogens (tertiary/aromatic N) is 3. The molecule has 1 amide bonds. The van der Waals surface area contributed by atoms with E-state index < -0.39 is 6.04 Å². The minimum Gasteiger partial charge on any atom is -0.484 e. The number of amides is 1. The van der Waals surface area contributed by atoms with E-state index in [2.05, 4.69) is 77.9 Å². The summed E-state index contributed by atoms with van der Waals surface area (Å²) in [4.78, 5) is 13.2. The Morgan fingerprint density at radius 3 is 2.34 bits per heavy atom. The summed E-state index contributed by atoms with van der Waals surface area (Å²) in [7, 11) is 0. The molecule has 5 rings (SSSR count). The van der Waals surface area contributed by atoms with Crippen LogP contribution < -0.4 is 10.1 Å². The maximum absolute atomic E-state index is 13.2. The van der Waals surface area contributed by atoms with Crippen LogP contribution in [-0.2, 0) is 17.0 Å². The minimum absolute atomic E-state index is 0.138. The van der Waals surface area contributed by atoms with Crippen LogP contribution in [0.2, 0.25) is 5.02 Å². The van der Waals surface area contributed by atoms with Gasteiger partial charge in [-0.2, -0.15) is 0 Å². The van der Waals surface area contributed by atoms with E-state index in [0.29, 0.717) is 23.0 Å². The number of rotatable bonds is 11. The Kier molecular flexibility index (Phi) is 9.39. The van der Waals surface area contributed by atoms with Crippen molar-refractivity contribution in [2.24, 2.45) is 0 Å². The fourth-order valence-corrected chi connectivity index (χ4v) is 5.49. The molecule has 0 saturated carbocycles. The van der Waals surface area contributed by atoms with E-state index in [0.717, 1.165) is 27.7 Å². The second-order valence-corrected chi connectivity index (χ2v) is 11.2. The average molecular weight is 583 g/mol. The number of carbonyl (C=O) groups is 1. The highest BCUT2D eigenvalue weighted by molar-refractivity contribution is 7.98. The first-order valence-corrected chi connectivity index (χ1v) is 14.7. The quantitative estimate of drug-likeness (QED) is 0.165. The number of aryl methyl sites for hydroxylation is 2. The summed E-state index contributed by atoms with van der Waals surface area (Å²) in [6.07, 6.45) is 0.542. The summed E-state index contributed by atoms with van der Waals surface area (Å²) in [6, 6.07) is 33.3. The van der Waals surface area contributed by atoms with Crippen LogP contribution >= 0.6 is 23.4 Å². The molecule has 4 aromatic carbocycles. The van der Waals surface area contributed by atoms with Gasteiger partial charge in [0, 0.05) is 16.5 Å². The Labute approximate surface area is 249 Å². The number of ether oxygens (including phenoxy) is 1. The third-order valence-corrected chi connectivity index (χ3v) is 7.77. The summed E-state index contributed by atoms with van der Waals surface area (Å²) in [5.41, 5.74) is 5.60. The SMILES string of the molecule is Cc1ccc(-n2c(SCc3cccc(C)c3)nnc2C(Cc2ccccc2)NC(=O)COc2ccc(Cl)cc2)cc1. The van der Waals surface area contributed by atoms with Gasteiger partial charge in [-0.25, -0.2) is 0 Å². The van der Waals surface area contributed by atoms with Gasteiger partial charge in [0.15, 0.2) is 17.6 Å². The minimum atomic E-state index is -0.444. The second kappa shape index (κ2) is 13.5. The summed E-state index contributed by atoms with van der Waals surface area (Å²) < 4.78 is 7.77. The Morgan fingerprint density at radius 1 is 0.878 bits per heavy atom. The van der Waals surface area contributed by atoms with E-state index in [1.54, 1.807) is 36.0 Å². The van der Waals surface area contributed by atoms with Crippen LogP contribution in [0.25, 0.3) is 5.69 Å². The lowest BCUT2D eigenvalue weighted by Crippen LogP contribution is -2.35. The molecule has 0 bridgehead atoms. The van der Waals surface area contributed by atoms with Gasteiger partial charge in [0.2, 0.25) is 0 Å². The lowest BCUT2D eigenvalue weighted by atomic mass is 10.0. The molecule has 6 nitrogen and oxygen atoms in total. The first kappa shape index (κ1) is 28.5. The van der Waals surface area contributed by atoms with Crippen LogP contribution in [0.3, 0.4) is 0 Å². The zero-order chi connectivity index (χ0) is 28.6. The number of thioether (sulfide) groups is 1. The molecule has 1 aromatic heterocycles. The van der Waals surface area contributed by atoms with E-state index in [1.165, 1.54) is 11.1 Å². The maximum Gasteiger partial charge on any atom is 0.258 e. The average Bonchev–Trinajstić information content (AvgIpc) is 3.40. The van der Waals surface area contributed by atoms with Crippen LogP contribution in [0, 0.1) is 13.8 Å². The van der Waals surface area contributed by atoms with E-state index in [1.807, 2.05) is 34.9 Å². The van der Waals surface area contributed by atoms with Crippen molar-refractivity contribution >= 4 is 29.3 Å². The number of halogens is 1. The first-order chi connectivity index (χ1) is 19.9. The highest BCUT2D eigenvalue weighted by Crippen LogP contribution is 2.29. The molecule has 0 aliphatic rings. The molecular weight excluding hydrogens is 552 g/mol. The van der Waals surface area contributed by atoms with Gasteiger partial charge in [-0.1, -0.05) is 101 Å². The van der Waals surface area contributed by atoms with Crippen molar-refractivity contribution in [3.05, 3.63) is 136 Å². The Morgan fingerprint density at radius 2 is 1.61 bits per heavy atom. The first-order valence-electron chi connectivity index (χ1n) is 13.4. The van der Waals surface area contributed by atoms with Crippen molar-refractivity contribution in [3.8, 4) is 11.4 Å². The number of benzene rings is 4. The standard InChI is InChI=1S/C33H31ClN4O2S/c1-23-11-15-28(16-12-23)38-32(36-37-33(38)41-22-26-10-6-7-24(2)19-26)30(20-25-8-4-3-5-9-25)35-31(39)21-40-29-17-13-27(34)14-18-29/h3-19,30H,20-22H2,1-2H3,(H,35,39).